The molecule has 0 spiro atoms. The average molecular weight is 467 g/mol. The summed E-state index contributed by atoms with van der Waals surface area (Å²) in [7, 11) is 2.66. The third-order valence-electron chi connectivity index (χ3n) is 6.71. The van der Waals surface area contributed by atoms with Crippen molar-refractivity contribution in [2.45, 2.75) is 63.5 Å². The number of rotatable bonds is 8. The Kier molecular flexibility index (Phi) is 8.03. The molecular formula is C26H30F4O3. The van der Waals surface area contributed by atoms with Crippen LogP contribution < -0.4 is 4.74 Å². The first-order valence-corrected chi connectivity index (χ1v) is 11.2. The van der Waals surface area contributed by atoms with E-state index < -0.39 is 23.5 Å². The smallest absolute Gasteiger partial charge is 0.416 e. The molecule has 3 nitrogen and oxygen atoms in total. The van der Waals surface area contributed by atoms with Gasteiger partial charge >= 0.3 is 12.1 Å². The van der Waals surface area contributed by atoms with Gasteiger partial charge in [-0.05, 0) is 84.7 Å². The van der Waals surface area contributed by atoms with Crippen LogP contribution in [0.4, 0.5) is 17.6 Å². The maximum Gasteiger partial charge on any atom is 0.416 e. The summed E-state index contributed by atoms with van der Waals surface area (Å²) in [5.41, 5.74) is 1.14. The van der Waals surface area contributed by atoms with Crippen LogP contribution in [0.25, 0.3) is 0 Å². The lowest BCUT2D eigenvalue weighted by atomic mass is 9.87. The number of alkyl halides is 3. The van der Waals surface area contributed by atoms with Crippen molar-refractivity contribution in [3.8, 4) is 5.75 Å². The van der Waals surface area contributed by atoms with Gasteiger partial charge in [-0.1, -0.05) is 25.1 Å². The number of esters is 1. The number of methoxy groups -OCH3 is 2. The van der Waals surface area contributed by atoms with Gasteiger partial charge in [0.2, 0.25) is 0 Å². The summed E-state index contributed by atoms with van der Waals surface area (Å²) in [6.45, 7) is 2.08. The Labute approximate surface area is 192 Å². The summed E-state index contributed by atoms with van der Waals surface area (Å²) in [4.78, 5) is 11.4. The van der Waals surface area contributed by atoms with Crippen LogP contribution >= 0.6 is 0 Å². The minimum absolute atomic E-state index is 0.00621. The van der Waals surface area contributed by atoms with Gasteiger partial charge < -0.3 is 9.47 Å². The fourth-order valence-electron chi connectivity index (χ4n) is 4.88. The van der Waals surface area contributed by atoms with Crippen molar-refractivity contribution in [2.24, 2.45) is 5.92 Å². The molecule has 1 aliphatic carbocycles. The number of hydrogen-bond donors (Lipinski definition) is 0. The number of hydrogen-bond acceptors (Lipinski definition) is 3. The van der Waals surface area contributed by atoms with Gasteiger partial charge in [0.25, 0.3) is 0 Å². The van der Waals surface area contributed by atoms with Crippen LogP contribution in [-0.4, -0.2) is 20.2 Å². The number of aryl methyl sites for hydroxylation is 1. The molecule has 0 unspecified atom stereocenters. The van der Waals surface area contributed by atoms with E-state index in [4.69, 9.17) is 4.74 Å². The molecule has 3 rings (SSSR count). The zero-order valence-electron chi connectivity index (χ0n) is 19.2. The summed E-state index contributed by atoms with van der Waals surface area (Å²) >= 11 is 0. The van der Waals surface area contributed by atoms with Crippen LogP contribution in [0.3, 0.4) is 0 Å². The Morgan fingerprint density at radius 2 is 1.88 bits per heavy atom. The zero-order valence-corrected chi connectivity index (χ0v) is 19.2. The van der Waals surface area contributed by atoms with Crippen LogP contribution in [0.15, 0.2) is 36.4 Å². The topological polar surface area (TPSA) is 35.5 Å². The maximum atomic E-state index is 13.7. The van der Waals surface area contributed by atoms with Crippen LogP contribution in [0.5, 0.6) is 5.75 Å². The van der Waals surface area contributed by atoms with Crippen LogP contribution in [-0.2, 0) is 22.1 Å². The van der Waals surface area contributed by atoms with E-state index in [0.29, 0.717) is 11.5 Å². The van der Waals surface area contributed by atoms with Crippen molar-refractivity contribution in [3.63, 3.8) is 0 Å². The third-order valence-corrected chi connectivity index (χ3v) is 6.71. The molecular weight excluding hydrogens is 436 g/mol. The Morgan fingerprint density at radius 1 is 1.12 bits per heavy atom. The molecule has 3 atom stereocenters. The van der Waals surface area contributed by atoms with Crippen molar-refractivity contribution >= 4 is 5.97 Å². The predicted molar refractivity (Wildman–Crippen MR) is 118 cm³/mol. The number of halogens is 4. The summed E-state index contributed by atoms with van der Waals surface area (Å²) in [6, 6.07) is 9.41. The molecule has 0 radical (unpaired) electrons. The Morgan fingerprint density at radius 3 is 2.55 bits per heavy atom. The molecule has 1 fully saturated rings. The Balaban J connectivity index is 1.69. The summed E-state index contributed by atoms with van der Waals surface area (Å²) in [5.74, 6) is -0.0657. The van der Waals surface area contributed by atoms with E-state index in [1.807, 2.05) is 0 Å². The van der Waals surface area contributed by atoms with E-state index in [2.05, 4.69) is 11.7 Å². The van der Waals surface area contributed by atoms with Gasteiger partial charge in [0.05, 0.1) is 19.8 Å². The molecule has 2 aromatic rings. The second kappa shape index (κ2) is 10.6. The van der Waals surface area contributed by atoms with E-state index >= 15 is 0 Å². The molecule has 0 bridgehead atoms. The van der Waals surface area contributed by atoms with Gasteiger partial charge in [0.1, 0.15) is 0 Å². The molecule has 1 aliphatic rings. The van der Waals surface area contributed by atoms with Crippen molar-refractivity contribution in [3.05, 3.63) is 64.5 Å². The highest BCUT2D eigenvalue weighted by molar-refractivity contribution is 5.69. The highest BCUT2D eigenvalue weighted by atomic mass is 19.4. The molecule has 180 valence electrons. The van der Waals surface area contributed by atoms with Crippen LogP contribution in [0.2, 0.25) is 0 Å². The second-order valence-corrected chi connectivity index (χ2v) is 8.90. The van der Waals surface area contributed by atoms with E-state index in [1.54, 1.807) is 18.2 Å². The van der Waals surface area contributed by atoms with Crippen LogP contribution in [0.1, 0.15) is 73.1 Å². The summed E-state index contributed by atoms with van der Waals surface area (Å²) < 4.78 is 64.4. The molecule has 33 heavy (non-hydrogen) atoms. The van der Waals surface area contributed by atoms with Gasteiger partial charge in [0, 0.05) is 6.42 Å². The maximum absolute atomic E-state index is 13.7. The van der Waals surface area contributed by atoms with E-state index in [-0.39, 0.29) is 36.0 Å². The highest BCUT2D eigenvalue weighted by Crippen LogP contribution is 2.44. The normalized spacial score (nSPS) is 19.4. The van der Waals surface area contributed by atoms with Gasteiger partial charge in [-0.2, -0.15) is 13.2 Å². The van der Waals surface area contributed by atoms with Gasteiger partial charge in [0.15, 0.2) is 11.6 Å². The summed E-state index contributed by atoms with van der Waals surface area (Å²) in [6.07, 6.45) is -1.09. The average Bonchev–Trinajstić information content (AvgIpc) is 3.25. The first kappa shape index (κ1) is 25.1. The van der Waals surface area contributed by atoms with Crippen LogP contribution in [0, 0.1) is 11.7 Å². The molecule has 0 heterocycles. The fourth-order valence-corrected chi connectivity index (χ4v) is 4.88. The second-order valence-electron chi connectivity index (χ2n) is 8.90. The van der Waals surface area contributed by atoms with E-state index in [9.17, 15) is 22.4 Å². The molecule has 0 amide bonds. The summed E-state index contributed by atoms with van der Waals surface area (Å²) in [5, 5.41) is 0. The van der Waals surface area contributed by atoms with Crippen molar-refractivity contribution in [1.29, 1.82) is 0 Å². The van der Waals surface area contributed by atoms with Gasteiger partial charge in [-0.25, -0.2) is 4.39 Å². The number of benzene rings is 2. The monoisotopic (exact) mass is 466 g/mol. The first-order valence-electron chi connectivity index (χ1n) is 11.2. The lowest BCUT2D eigenvalue weighted by molar-refractivity contribution is -0.142. The highest BCUT2D eigenvalue weighted by Gasteiger charge is 2.35. The van der Waals surface area contributed by atoms with E-state index in [0.717, 1.165) is 31.2 Å². The third kappa shape index (κ3) is 6.27. The van der Waals surface area contributed by atoms with Gasteiger partial charge in [-0.3, -0.25) is 4.79 Å². The molecule has 0 aliphatic heterocycles. The Bertz CT molecular complexity index is 970. The van der Waals surface area contributed by atoms with E-state index in [1.165, 1.54) is 32.4 Å². The molecule has 7 heteroatoms. The zero-order chi connectivity index (χ0) is 24.2. The molecule has 0 N–H and O–H groups in total. The largest absolute Gasteiger partial charge is 0.494 e. The fraction of sp³-hybridized carbons (Fsp3) is 0.500. The lowest BCUT2D eigenvalue weighted by Crippen LogP contribution is -2.12. The standard InChI is InChI=1S/C26H30F4O3/c1-16(19-8-10-23(27)24(15-19)32-2)12-17-4-5-20(13-17)21-7-6-18(9-11-25(31)33-3)22(14-21)26(28,29)30/h6-8,10,14-17,20H,4-5,9,11-13H2,1-3H3/t16-,17+,20-/m0/s1. The number of carbonyl (C=O) groups excluding carboxylic acids is 1. The molecule has 2 aromatic carbocycles. The molecule has 1 saturated carbocycles. The lowest BCUT2D eigenvalue weighted by Gasteiger charge is -2.19. The first-order chi connectivity index (χ1) is 15.6. The number of ether oxygens (including phenoxy) is 2. The molecule has 0 saturated heterocycles. The molecule has 0 aromatic heterocycles. The van der Waals surface area contributed by atoms with Crippen molar-refractivity contribution in [1.82, 2.24) is 0 Å². The van der Waals surface area contributed by atoms with Crippen molar-refractivity contribution < 1.29 is 31.8 Å². The SMILES string of the molecule is COC(=O)CCc1ccc([C@H]2CC[C@H](C[C@H](C)c3ccc(F)c(OC)c3)C2)cc1C(F)(F)F. The minimum Gasteiger partial charge on any atom is -0.494 e. The predicted octanol–water partition coefficient (Wildman–Crippen LogP) is 7.04. The quantitative estimate of drug-likeness (QED) is 0.309. The Hall–Kier alpha value is -2.57. The minimum atomic E-state index is -4.48. The van der Waals surface area contributed by atoms with Gasteiger partial charge in [-0.15, -0.1) is 0 Å². The number of carbonyl (C=O) groups is 1. The van der Waals surface area contributed by atoms with Crippen molar-refractivity contribution in [2.75, 3.05) is 14.2 Å².